The van der Waals surface area contributed by atoms with Gasteiger partial charge in [0, 0.05) is 0 Å². The molecule has 82 valence electrons. The van der Waals surface area contributed by atoms with Gasteiger partial charge in [0.05, 0.1) is 11.4 Å². The fraction of sp³-hybridized carbons (Fsp3) is 0.143. The molecular weight excluding hydrogens is 196 g/mol. The van der Waals surface area contributed by atoms with E-state index in [-0.39, 0.29) is 0 Å². The van der Waals surface area contributed by atoms with E-state index in [2.05, 4.69) is 42.9 Å². The maximum Gasteiger partial charge on any atom is 0.0571 e. The van der Waals surface area contributed by atoms with Crippen molar-refractivity contribution in [2.24, 2.45) is 0 Å². The highest BCUT2D eigenvalue weighted by Crippen LogP contribution is 2.16. The Labute approximate surface area is 96.3 Å². The lowest BCUT2D eigenvalue weighted by atomic mass is 10.1. The number of hydrazine groups is 1. The average molecular weight is 212 g/mol. The molecule has 16 heavy (non-hydrogen) atoms. The van der Waals surface area contributed by atoms with Crippen LogP contribution in [0.4, 0.5) is 11.4 Å². The zero-order valence-electron chi connectivity index (χ0n) is 9.62. The lowest BCUT2D eigenvalue weighted by molar-refractivity contribution is 1.33. The number of hydrogen-bond donors (Lipinski definition) is 2. The normalized spacial score (nSPS) is 9.88. The summed E-state index contributed by atoms with van der Waals surface area (Å²) in [7, 11) is 0. The maximum absolute atomic E-state index is 3.22. The first-order valence-corrected chi connectivity index (χ1v) is 5.40. The molecule has 0 bridgehead atoms. The Morgan fingerprint density at radius 2 is 1.56 bits per heavy atom. The summed E-state index contributed by atoms with van der Waals surface area (Å²) in [4.78, 5) is 0. The maximum atomic E-state index is 3.22. The quantitative estimate of drug-likeness (QED) is 0.757. The average Bonchev–Trinajstić information content (AvgIpc) is 2.32. The minimum Gasteiger partial charge on any atom is -0.301 e. The second kappa shape index (κ2) is 4.71. The van der Waals surface area contributed by atoms with Crippen LogP contribution >= 0.6 is 0 Å². The number of aryl methyl sites for hydroxylation is 2. The monoisotopic (exact) mass is 212 g/mol. The Balaban J connectivity index is 2.08. The molecule has 0 spiro atoms. The van der Waals surface area contributed by atoms with E-state index in [1.54, 1.807) is 0 Å². The fourth-order valence-corrected chi connectivity index (χ4v) is 1.53. The van der Waals surface area contributed by atoms with Gasteiger partial charge in [0.2, 0.25) is 0 Å². The zero-order valence-corrected chi connectivity index (χ0v) is 9.62. The van der Waals surface area contributed by atoms with E-state index in [0.717, 1.165) is 11.4 Å². The SMILES string of the molecule is Cc1ccc(C)c(NNc2ccccc2)c1. The Hall–Kier alpha value is -1.96. The van der Waals surface area contributed by atoms with Gasteiger partial charge in [-0.3, -0.25) is 0 Å². The number of benzene rings is 2. The van der Waals surface area contributed by atoms with Crippen molar-refractivity contribution in [1.82, 2.24) is 0 Å². The van der Waals surface area contributed by atoms with Crippen LogP contribution in [0.25, 0.3) is 0 Å². The smallest absolute Gasteiger partial charge is 0.0571 e. The van der Waals surface area contributed by atoms with E-state index in [0.29, 0.717) is 0 Å². The second-order valence-electron chi connectivity index (χ2n) is 3.93. The summed E-state index contributed by atoms with van der Waals surface area (Å²) in [6.45, 7) is 4.18. The molecule has 0 aliphatic rings. The van der Waals surface area contributed by atoms with E-state index in [1.807, 2.05) is 30.3 Å². The molecule has 0 aliphatic carbocycles. The van der Waals surface area contributed by atoms with Crippen molar-refractivity contribution in [3.05, 3.63) is 59.7 Å². The van der Waals surface area contributed by atoms with E-state index in [1.165, 1.54) is 11.1 Å². The van der Waals surface area contributed by atoms with Gasteiger partial charge in [0.1, 0.15) is 0 Å². The molecule has 0 aliphatic heterocycles. The Morgan fingerprint density at radius 3 is 2.31 bits per heavy atom. The highest BCUT2D eigenvalue weighted by Gasteiger charge is 1.97. The summed E-state index contributed by atoms with van der Waals surface area (Å²) in [5, 5.41) is 0. The van der Waals surface area contributed by atoms with Crippen molar-refractivity contribution >= 4 is 11.4 Å². The topological polar surface area (TPSA) is 24.1 Å². The third-order valence-electron chi connectivity index (χ3n) is 2.51. The summed E-state index contributed by atoms with van der Waals surface area (Å²) in [5.74, 6) is 0. The molecule has 0 radical (unpaired) electrons. The van der Waals surface area contributed by atoms with Gasteiger partial charge in [0.15, 0.2) is 0 Å². The molecule has 0 atom stereocenters. The number of nitrogens with one attached hydrogen (secondary N) is 2. The van der Waals surface area contributed by atoms with Crippen LogP contribution in [-0.4, -0.2) is 0 Å². The molecule has 0 saturated heterocycles. The summed E-state index contributed by atoms with van der Waals surface area (Å²) in [6, 6.07) is 16.4. The number of rotatable bonds is 3. The molecule has 0 heterocycles. The molecule has 2 heteroatoms. The number of para-hydroxylation sites is 1. The van der Waals surface area contributed by atoms with Crippen molar-refractivity contribution in [2.75, 3.05) is 10.9 Å². The summed E-state index contributed by atoms with van der Waals surface area (Å²) < 4.78 is 0. The van der Waals surface area contributed by atoms with E-state index in [9.17, 15) is 0 Å². The van der Waals surface area contributed by atoms with Gasteiger partial charge in [-0.25, -0.2) is 0 Å². The Bertz CT molecular complexity index is 463. The van der Waals surface area contributed by atoms with Crippen LogP contribution in [0.2, 0.25) is 0 Å². The highest BCUT2D eigenvalue weighted by molar-refractivity contribution is 5.57. The molecule has 2 nitrogen and oxygen atoms in total. The van der Waals surface area contributed by atoms with Crippen molar-refractivity contribution in [2.45, 2.75) is 13.8 Å². The summed E-state index contributed by atoms with van der Waals surface area (Å²) in [5.41, 5.74) is 11.1. The summed E-state index contributed by atoms with van der Waals surface area (Å²) in [6.07, 6.45) is 0. The van der Waals surface area contributed by atoms with Gasteiger partial charge in [0.25, 0.3) is 0 Å². The van der Waals surface area contributed by atoms with Gasteiger partial charge in [-0.15, -0.1) is 0 Å². The number of hydrogen-bond acceptors (Lipinski definition) is 2. The molecular formula is C14H16N2. The van der Waals surface area contributed by atoms with Crippen molar-refractivity contribution in [3.8, 4) is 0 Å². The van der Waals surface area contributed by atoms with Gasteiger partial charge in [-0.2, -0.15) is 0 Å². The van der Waals surface area contributed by atoms with E-state index in [4.69, 9.17) is 0 Å². The lowest BCUT2D eigenvalue weighted by Gasteiger charge is -2.12. The van der Waals surface area contributed by atoms with Gasteiger partial charge >= 0.3 is 0 Å². The third-order valence-corrected chi connectivity index (χ3v) is 2.51. The zero-order chi connectivity index (χ0) is 11.4. The Kier molecular flexibility index (Phi) is 3.10. The molecule has 0 aromatic heterocycles. The first-order valence-electron chi connectivity index (χ1n) is 5.40. The molecule has 0 fully saturated rings. The van der Waals surface area contributed by atoms with Gasteiger partial charge < -0.3 is 10.9 Å². The Morgan fingerprint density at radius 1 is 0.812 bits per heavy atom. The third kappa shape index (κ3) is 2.54. The molecule has 2 rings (SSSR count). The van der Waals surface area contributed by atoms with Crippen LogP contribution in [0.5, 0.6) is 0 Å². The van der Waals surface area contributed by atoms with Crippen LogP contribution in [0, 0.1) is 13.8 Å². The second-order valence-corrected chi connectivity index (χ2v) is 3.93. The summed E-state index contributed by atoms with van der Waals surface area (Å²) >= 11 is 0. The van der Waals surface area contributed by atoms with Crippen molar-refractivity contribution in [1.29, 1.82) is 0 Å². The molecule has 0 unspecified atom stereocenters. The first kappa shape index (κ1) is 10.6. The minimum absolute atomic E-state index is 1.06. The largest absolute Gasteiger partial charge is 0.301 e. The molecule has 2 aromatic carbocycles. The predicted molar refractivity (Wildman–Crippen MR) is 69.6 cm³/mol. The van der Waals surface area contributed by atoms with E-state index >= 15 is 0 Å². The first-order chi connectivity index (χ1) is 7.75. The molecule has 0 amide bonds. The molecule has 0 saturated carbocycles. The molecule has 2 aromatic rings. The van der Waals surface area contributed by atoms with Crippen LogP contribution in [0.3, 0.4) is 0 Å². The van der Waals surface area contributed by atoms with Crippen LogP contribution in [0.1, 0.15) is 11.1 Å². The highest BCUT2D eigenvalue weighted by atomic mass is 15.4. The van der Waals surface area contributed by atoms with Crippen LogP contribution in [-0.2, 0) is 0 Å². The molecule has 2 N–H and O–H groups in total. The van der Waals surface area contributed by atoms with Gasteiger partial charge in [-0.1, -0.05) is 30.3 Å². The minimum atomic E-state index is 1.06. The van der Waals surface area contributed by atoms with Crippen molar-refractivity contribution in [3.63, 3.8) is 0 Å². The fourth-order valence-electron chi connectivity index (χ4n) is 1.53. The number of anilines is 2. The van der Waals surface area contributed by atoms with Crippen LogP contribution in [0.15, 0.2) is 48.5 Å². The predicted octanol–water partition coefficient (Wildman–Crippen LogP) is 3.74. The van der Waals surface area contributed by atoms with E-state index < -0.39 is 0 Å². The lowest BCUT2D eigenvalue weighted by Crippen LogP contribution is -2.09. The van der Waals surface area contributed by atoms with Crippen LogP contribution < -0.4 is 10.9 Å². The van der Waals surface area contributed by atoms with Gasteiger partial charge in [-0.05, 0) is 43.2 Å². The standard InChI is InChI=1S/C14H16N2/c1-11-8-9-12(2)14(10-11)16-15-13-6-4-3-5-7-13/h3-10,15-16H,1-2H3. The van der Waals surface area contributed by atoms with Crippen molar-refractivity contribution < 1.29 is 0 Å².